The minimum Gasteiger partial charge on any atom is -0.389 e. The van der Waals surface area contributed by atoms with Crippen molar-refractivity contribution in [2.24, 2.45) is 7.05 Å². The topological polar surface area (TPSA) is 84.2 Å². The van der Waals surface area contributed by atoms with Crippen molar-refractivity contribution in [3.63, 3.8) is 0 Å². The van der Waals surface area contributed by atoms with Gasteiger partial charge in [-0.2, -0.15) is 5.10 Å². The first-order valence-electron chi connectivity index (χ1n) is 6.65. The van der Waals surface area contributed by atoms with Crippen LogP contribution < -0.4 is 4.72 Å². The lowest BCUT2D eigenvalue weighted by Crippen LogP contribution is -2.26. The molecule has 114 valence electrons. The van der Waals surface area contributed by atoms with Gasteiger partial charge in [0.2, 0.25) is 10.0 Å². The molecule has 0 aliphatic carbocycles. The van der Waals surface area contributed by atoms with Gasteiger partial charge < -0.3 is 5.11 Å². The van der Waals surface area contributed by atoms with Gasteiger partial charge in [-0.3, -0.25) is 4.68 Å². The molecular weight excluding hydrogens is 290 g/mol. The number of aryl methyl sites for hydroxylation is 1. The quantitative estimate of drug-likeness (QED) is 0.833. The van der Waals surface area contributed by atoms with Gasteiger partial charge in [0.15, 0.2) is 0 Å². The molecule has 6 nitrogen and oxygen atoms in total. The fourth-order valence-corrected chi connectivity index (χ4v) is 3.02. The molecule has 0 fully saturated rings. The highest BCUT2D eigenvalue weighted by Gasteiger charge is 2.15. The van der Waals surface area contributed by atoms with Crippen molar-refractivity contribution in [2.45, 2.75) is 24.3 Å². The SMILES string of the molecule is CC(O)c1cccc(S(=O)(=O)NCCc2ccn(C)n2)c1. The molecule has 0 radical (unpaired) electrons. The number of nitrogens with one attached hydrogen (secondary N) is 1. The van der Waals surface area contributed by atoms with Crippen LogP contribution in [0.3, 0.4) is 0 Å². The average molecular weight is 309 g/mol. The summed E-state index contributed by atoms with van der Waals surface area (Å²) in [6.07, 6.45) is 1.64. The second kappa shape index (κ2) is 6.38. The van der Waals surface area contributed by atoms with Crippen molar-refractivity contribution >= 4 is 10.0 Å². The third kappa shape index (κ3) is 4.13. The Bertz CT molecular complexity index is 708. The van der Waals surface area contributed by atoms with E-state index in [1.807, 2.05) is 19.3 Å². The van der Waals surface area contributed by atoms with Crippen molar-refractivity contribution in [3.8, 4) is 0 Å². The number of hydrogen-bond donors (Lipinski definition) is 2. The molecule has 1 aromatic carbocycles. The van der Waals surface area contributed by atoms with E-state index >= 15 is 0 Å². The Morgan fingerprint density at radius 1 is 1.38 bits per heavy atom. The van der Waals surface area contributed by atoms with Crippen molar-refractivity contribution in [1.82, 2.24) is 14.5 Å². The largest absolute Gasteiger partial charge is 0.389 e. The van der Waals surface area contributed by atoms with E-state index in [2.05, 4.69) is 9.82 Å². The fourth-order valence-electron chi connectivity index (χ4n) is 1.93. The summed E-state index contributed by atoms with van der Waals surface area (Å²) < 4.78 is 28.6. The Balaban J connectivity index is 2.03. The van der Waals surface area contributed by atoms with Gasteiger partial charge in [-0.15, -0.1) is 0 Å². The number of aliphatic hydroxyl groups is 1. The minimum absolute atomic E-state index is 0.155. The lowest BCUT2D eigenvalue weighted by molar-refractivity contribution is 0.199. The Morgan fingerprint density at radius 2 is 2.14 bits per heavy atom. The second-order valence-corrected chi connectivity index (χ2v) is 6.64. The molecule has 0 saturated heterocycles. The highest BCUT2D eigenvalue weighted by atomic mass is 32.2. The molecule has 1 aromatic heterocycles. The number of aromatic nitrogens is 2. The summed E-state index contributed by atoms with van der Waals surface area (Å²) in [6.45, 7) is 1.87. The lowest BCUT2D eigenvalue weighted by Gasteiger charge is -2.09. The van der Waals surface area contributed by atoms with Crippen LogP contribution in [0.2, 0.25) is 0 Å². The number of aliphatic hydroxyl groups excluding tert-OH is 1. The van der Waals surface area contributed by atoms with Crippen molar-refractivity contribution in [3.05, 3.63) is 47.8 Å². The van der Waals surface area contributed by atoms with Crippen molar-refractivity contribution in [1.29, 1.82) is 0 Å². The van der Waals surface area contributed by atoms with Gasteiger partial charge in [-0.1, -0.05) is 12.1 Å². The smallest absolute Gasteiger partial charge is 0.240 e. The van der Waals surface area contributed by atoms with Crippen LogP contribution in [0.5, 0.6) is 0 Å². The van der Waals surface area contributed by atoms with Crippen LogP contribution in [-0.2, 0) is 23.5 Å². The van der Waals surface area contributed by atoms with Crippen LogP contribution in [0.4, 0.5) is 0 Å². The van der Waals surface area contributed by atoms with Gasteiger partial charge in [0.05, 0.1) is 16.7 Å². The third-order valence-electron chi connectivity index (χ3n) is 3.09. The molecule has 0 aliphatic heterocycles. The first-order valence-corrected chi connectivity index (χ1v) is 8.13. The molecule has 1 heterocycles. The minimum atomic E-state index is -3.58. The first kappa shape index (κ1) is 15.7. The van der Waals surface area contributed by atoms with E-state index < -0.39 is 16.1 Å². The number of rotatable bonds is 6. The van der Waals surface area contributed by atoms with Gasteiger partial charge in [-0.25, -0.2) is 13.1 Å². The van der Waals surface area contributed by atoms with Crippen molar-refractivity contribution in [2.75, 3.05) is 6.54 Å². The van der Waals surface area contributed by atoms with Crippen molar-refractivity contribution < 1.29 is 13.5 Å². The van der Waals surface area contributed by atoms with Crippen LogP contribution in [0.15, 0.2) is 41.4 Å². The van der Waals surface area contributed by atoms with E-state index in [4.69, 9.17) is 0 Å². The molecule has 1 unspecified atom stereocenters. The van der Waals surface area contributed by atoms with E-state index in [1.165, 1.54) is 12.1 Å². The number of hydrogen-bond acceptors (Lipinski definition) is 4. The third-order valence-corrected chi connectivity index (χ3v) is 4.55. The Hall–Kier alpha value is -1.70. The summed E-state index contributed by atoms with van der Waals surface area (Å²) >= 11 is 0. The Kier molecular flexibility index (Phi) is 4.76. The molecule has 0 bridgehead atoms. The standard InChI is InChI=1S/C14H19N3O3S/c1-11(18)12-4-3-5-14(10-12)21(19,20)15-8-6-13-7-9-17(2)16-13/h3-5,7,9-11,15,18H,6,8H2,1-2H3. The van der Waals surface area contributed by atoms with E-state index in [-0.39, 0.29) is 11.4 Å². The summed E-state index contributed by atoms with van der Waals surface area (Å²) in [4.78, 5) is 0.155. The summed E-state index contributed by atoms with van der Waals surface area (Å²) in [5.74, 6) is 0. The maximum absolute atomic E-state index is 12.2. The van der Waals surface area contributed by atoms with E-state index in [0.717, 1.165) is 5.69 Å². The van der Waals surface area contributed by atoms with Gasteiger partial charge in [0.1, 0.15) is 0 Å². The molecule has 0 amide bonds. The average Bonchev–Trinajstić information content (AvgIpc) is 2.84. The lowest BCUT2D eigenvalue weighted by atomic mass is 10.1. The maximum atomic E-state index is 12.2. The molecule has 21 heavy (non-hydrogen) atoms. The molecular formula is C14H19N3O3S. The number of sulfonamides is 1. The second-order valence-electron chi connectivity index (χ2n) is 4.88. The van der Waals surface area contributed by atoms with Crippen LogP contribution in [0, 0.1) is 0 Å². The molecule has 1 atom stereocenters. The highest BCUT2D eigenvalue weighted by Crippen LogP contribution is 2.17. The van der Waals surface area contributed by atoms with Crippen LogP contribution in [0.1, 0.15) is 24.3 Å². The summed E-state index contributed by atoms with van der Waals surface area (Å²) in [6, 6.07) is 8.15. The maximum Gasteiger partial charge on any atom is 0.240 e. The number of benzene rings is 1. The first-order chi connectivity index (χ1) is 9.88. The van der Waals surface area contributed by atoms with Gasteiger partial charge >= 0.3 is 0 Å². The fraction of sp³-hybridized carbons (Fsp3) is 0.357. The van der Waals surface area contributed by atoms with Gasteiger partial charge in [0.25, 0.3) is 0 Å². The van der Waals surface area contributed by atoms with Gasteiger partial charge in [0, 0.05) is 26.2 Å². The Labute approximate surface area is 124 Å². The number of nitrogens with zero attached hydrogens (tertiary/aromatic N) is 2. The molecule has 7 heteroatoms. The predicted octanol–water partition coefficient (Wildman–Crippen LogP) is 0.994. The zero-order valence-corrected chi connectivity index (χ0v) is 12.8. The zero-order valence-electron chi connectivity index (χ0n) is 12.0. The summed E-state index contributed by atoms with van der Waals surface area (Å²) in [7, 11) is -1.76. The molecule has 0 aliphatic rings. The Morgan fingerprint density at radius 3 is 2.76 bits per heavy atom. The monoisotopic (exact) mass is 309 g/mol. The molecule has 2 N–H and O–H groups in total. The van der Waals surface area contributed by atoms with Crippen LogP contribution in [0.25, 0.3) is 0 Å². The molecule has 0 saturated carbocycles. The van der Waals surface area contributed by atoms with E-state index in [9.17, 15) is 13.5 Å². The van der Waals surface area contributed by atoms with E-state index in [1.54, 1.807) is 23.7 Å². The normalized spacial score (nSPS) is 13.3. The summed E-state index contributed by atoms with van der Waals surface area (Å²) in [5, 5.41) is 13.7. The highest BCUT2D eigenvalue weighted by molar-refractivity contribution is 7.89. The van der Waals surface area contributed by atoms with Crippen LogP contribution in [-0.4, -0.2) is 29.8 Å². The van der Waals surface area contributed by atoms with E-state index in [0.29, 0.717) is 12.0 Å². The van der Waals surface area contributed by atoms with Gasteiger partial charge in [-0.05, 0) is 30.7 Å². The predicted molar refractivity (Wildman–Crippen MR) is 79.2 cm³/mol. The molecule has 2 aromatic rings. The van der Waals surface area contributed by atoms with Crippen LogP contribution >= 0.6 is 0 Å². The molecule has 2 rings (SSSR count). The zero-order chi connectivity index (χ0) is 15.5. The summed E-state index contributed by atoms with van der Waals surface area (Å²) in [5.41, 5.74) is 1.40. The molecule has 0 spiro atoms.